The number of esters is 1. The van der Waals surface area contributed by atoms with Crippen LogP contribution in [0.15, 0.2) is 42.5 Å². The quantitative estimate of drug-likeness (QED) is 0.305. The standard InChI is InChI=1S/C20H30O3Si/c1-7-22-18(21)14-9-8-11-16-12-10-13-17(15-16)19(20(2,3)4)23-24(5)6/h8-15,19,24H,7H2,1-6H3. The van der Waals surface area contributed by atoms with Gasteiger partial charge in [-0.2, -0.15) is 0 Å². The third-order valence-corrected chi connectivity index (χ3v) is 4.14. The molecular formula is C20H30O3Si. The molecule has 1 rings (SSSR count). The van der Waals surface area contributed by atoms with Gasteiger partial charge in [0.25, 0.3) is 0 Å². The topological polar surface area (TPSA) is 35.5 Å². The minimum absolute atomic E-state index is 0.0451. The van der Waals surface area contributed by atoms with Gasteiger partial charge in [0.05, 0.1) is 12.7 Å². The molecule has 0 aliphatic heterocycles. The molecule has 0 aliphatic rings. The number of allylic oxidation sites excluding steroid dienone is 2. The first-order valence-corrected chi connectivity index (χ1v) is 11.3. The zero-order valence-electron chi connectivity index (χ0n) is 15.7. The first-order chi connectivity index (χ1) is 11.2. The summed E-state index contributed by atoms with van der Waals surface area (Å²) in [6.45, 7) is 13.2. The Kier molecular flexibility index (Phi) is 8.15. The van der Waals surface area contributed by atoms with E-state index in [0.29, 0.717) is 6.61 Å². The van der Waals surface area contributed by atoms with Crippen molar-refractivity contribution in [1.29, 1.82) is 0 Å². The van der Waals surface area contributed by atoms with Gasteiger partial charge < -0.3 is 9.16 Å². The Balaban J connectivity index is 2.90. The molecule has 4 heteroatoms. The van der Waals surface area contributed by atoms with Gasteiger partial charge in [0.15, 0.2) is 9.04 Å². The lowest BCUT2D eigenvalue weighted by Crippen LogP contribution is -2.25. The van der Waals surface area contributed by atoms with Crippen LogP contribution in [0, 0.1) is 5.41 Å². The van der Waals surface area contributed by atoms with E-state index >= 15 is 0 Å². The molecule has 1 aromatic rings. The lowest BCUT2D eigenvalue weighted by Gasteiger charge is -2.33. The van der Waals surface area contributed by atoms with Gasteiger partial charge in [0.2, 0.25) is 0 Å². The van der Waals surface area contributed by atoms with E-state index in [1.807, 2.05) is 24.3 Å². The lowest BCUT2D eigenvalue weighted by atomic mass is 9.84. The normalized spacial score (nSPS) is 13.8. The third-order valence-electron chi connectivity index (χ3n) is 3.33. The number of hydrogen-bond acceptors (Lipinski definition) is 3. The van der Waals surface area contributed by atoms with Gasteiger partial charge in [0, 0.05) is 6.08 Å². The van der Waals surface area contributed by atoms with Crippen LogP contribution in [0.3, 0.4) is 0 Å². The number of hydrogen-bond donors (Lipinski definition) is 0. The van der Waals surface area contributed by atoms with E-state index in [4.69, 9.17) is 9.16 Å². The fourth-order valence-electron chi connectivity index (χ4n) is 2.37. The summed E-state index contributed by atoms with van der Waals surface area (Å²) in [6, 6.07) is 8.37. The number of benzene rings is 1. The highest BCUT2D eigenvalue weighted by molar-refractivity contribution is 6.48. The summed E-state index contributed by atoms with van der Waals surface area (Å²) in [5, 5.41) is 0. The summed E-state index contributed by atoms with van der Waals surface area (Å²) in [6.07, 6.45) is 7.04. The average Bonchev–Trinajstić information content (AvgIpc) is 2.48. The molecular weight excluding hydrogens is 316 g/mol. The van der Waals surface area contributed by atoms with Gasteiger partial charge in [-0.3, -0.25) is 0 Å². The molecule has 0 spiro atoms. The average molecular weight is 347 g/mol. The highest BCUT2D eigenvalue weighted by Crippen LogP contribution is 2.36. The monoisotopic (exact) mass is 346 g/mol. The van der Waals surface area contributed by atoms with E-state index in [0.717, 1.165) is 5.56 Å². The van der Waals surface area contributed by atoms with E-state index in [-0.39, 0.29) is 17.5 Å². The maximum absolute atomic E-state index is 11.3. The molecule has 24 heavy (non-hydrogen) atoms. The zero-order chi connectivity index (χ0) is 18.2. The van der Waals surface area contributed by atoms with Gasteiger partial charge in [-0.15, -0.1) is 0 Å². The number of ether oxygens (including phenoxy) is 1. The fourth-order valence-corrected chi connectivity index (χ4v) is 3.48. The van der Waals surface area contributed by atoms with Crippen molar-refractivity contribution in [2.75, 3.05) is 6.61 Å². The summed E-state index contributed by atoms with van der Waals surface area (Å²) in [4.78, 5) is 11.3. The summed E-state index contributed by atoms with van der Waals surface area (Å²) >= 11 is 0. The Hall–Kier alpha value is -1.65. The second kappa shape index (κ2) is 9.60. The molecule has 0 saturated carbocycles. The first kappa shape index (κ1) is 20.4. The van der Waals surface area contributed by atoms with Gasteiger partial charge >= 0.3 is 5.97 Å². The smallest absolute Gasteiger partial charge is 0.330 e. The predicted molar refractivity (Wildman–Crippen MR) is 103 cm³/mol. The minimum atomic E-state index is -1.14. The second-order valence-electron chi connectivity index (χ2n) is 7.07. The summed E-state index contributed by atoms with van der Waals surface area (Å²) in [5.74, 6) is -0.320. The number of carbonyl (C=O) groups excluding carboxylic acids is 1. The molecule has 0 fully saturated rings. The molecule has 0 aromatic heterocycles. The first-order valence-electron chi connectivity index (χ1n) is 8.51. The minimum Gasteiger partial charge on any atom is -0.463 e. The SMILES string of the molecule is CCOC(=O)C=CC=Cc1cccc(C(O[SiH](C)C)C(C)(C)C)c1. The van der Waals surface area contributed by atoms with Crippen molar-refractivity contribution in [3.05, 3.63) is 53.6 Å². The van der Waals surface area contributed by atoms with E-state index < -0.39 is 9.04 Å². The lowest BCUT2D eigenvalue weighted by molar-refractivity contribution is -0.137. The Morgan fingerprint density at radius 3 is 2.54 bits per heavy atom. The van der Waals surface area contributed by atoms with Crippen LogP contribution in [-0.4, -0.2) is 21.6 Å². The van der Waals surface area contributed by atoms with E-state index in [1.165, 1.54) is 11.6 Å². The predicted octanol–water partition coefficient (Wildman–Crippen LogP) is 4.91. The molecule has 0 heterocycles. The molecule has 1 aromatic carbocycles. The maximum Gasteiger partial charge on any atom is 0.330 e. The van der Waals surface area contributed by atoms with Crippen LogP contribution in [0.5, 0.6) is 0 Å². The van der Waals surface area contributed by atoms with E-state index in [2.05, 4.69) is 46.0 Å². The highest BCUT2D eigenvalue weighted by atomic mass is 28.3. The van der Waals surface area contributed by atoms with E-state index in [1.54, 1.807) is 13.0 Å². The molecule has 3 nitrogen and oxygen atoms in total. The fraction of sp³-hybridized carbons (Fsp3) is 0.450. The maximum atomic E-state index is 11.3. The van der Waals surface area contributed by atoms with Gasteiger partial charge in [-0.1, -0.05) is 57.2 Å². The summed E-state index contributed by atoms with van der Waals surface area (Å²) in [7, 11) is -1.14. The Morgan fingerprint density at radius 2 is 1.96 bits per heavy atom. The van der Waals surface area contributed by atoms with Crippen LogP contribution < -0.4 is 0 Å². The van der Waals surface area contributed by atoms with Crippen LogP contribution in [-0.2, 0) is 14.0 Å². The zero-order valence-corrected chi connectivity index (χ0v) is 16.9. The van der Waals surface area contributed by atoms with Crippen molar-refractivity contribution in [2.24, 2.45) is 5.41 Å². The van der Waals surface area contributed by atoms with E-state index in [9.17, 15) is 4.79 Å². The molecule has 0 amide bonds. The van der Waals surface area contributed by atoms with Crippen LogP contribution in [0.2, 0.25) is 13.1 Å². The highest BCUT2D eigenvalue weighted by Gasteiger charge is 2.27. The van der Waals surface area contributed by atoms with Gasteiger partial charge in [0.1, 0.15) is 0 Å². The van der Waals surface area contributed by atoms with Gasteiger partial charge in [-0.25, -0.2) is 4.79 Å². The largest absolute Gasteiger partial charge is 0.463 e. The number of rotatable bonds is 7. The van der Waals surface area contributed by atoms with Crippen molar-refractivity contribution < 1.29 is 14.0 Å². The van der Waals surface area contributed by atoms with Crippen LogP contribution in [0.4, 0.5) is 0 Å². The molecule has 0 N–H and O–H groups in total. The third kappa shape index (κ3) is 7.28. The van der Waals surface area contributed by atoms with Crippen molar-refractivity contribution >= 4 is 21.1 Å². The Bertz CT molecular complexity index is 583. The van der Waals surface area contributed by atoms with Crippen molar-refractivity contribution in [2.45, 2.75) is 46.9 Å². The number of carbonyl (C=O) groups is 1. The van der Waals surface area contributed by atoms with Crippen LogP contribution >= 0.6 is 0 Å². The van der Waals surface area contributed by atoms with Gasteiger partial charge in [-0.05, 0) is 42.6 Å². The molecule has 1 unspecified atom stereocenters. The van der Waals surface area contributed by atoms with Crippen LogP contribution in [0.25, 0.3) is 6.08 Å². The van der Waals surface area contributed by atoms with Crippen molar-refractivity contribution in [3.8, 4) is 0 Å². The molecule has 0 aliphatic carbocycles. The molecule has 0 bridgehead atoms. The van der Waals surface area contributed by atoms with Crippen molar-refractivity contribution in [3.63, 3.8) is 0 Å². The second-order valence-corrected chi connectivity index (χ2v) is 9.44. The van der Waals surface area contributed by atoms with Crippen LogP contribution in [0.1, 0.15) is 44.9 Å². The molecule has 0 saturated heterocycles. The molecule has 132 valence electrons. The Labute approximate surface area is 148 Å². The Morgan fingerprint density at radius 1 is 1.25 bits per heavy atom. The summed E-state index contributed by atoms with van der Waals surface area (Å²) in [5.41, 5.74) is 2.33. The van der Waals surface area contributed by atoms with Crippen molar-refractivity contribution in [1.82, 2.24) is 0 Å². The summed E-state index contributed by atoms with van der Waals surface area (Å²) < 4.78 is 11.1. The molecule has 0 radical (unpaired) electrons. The molecule has 1 atom stereocenters.